The minimum absolute atomic E-state index is 0.116. The fourth-order valence-corrected chi connectivity index (χ4v) is 3.46. The van der Waals surface area contributed by atoms with Gasteiger partial charge in [-0.3, -0.25) is 14.4 Å². The van der Waals surface area contributed by atoms with Crippen molar-refractivity contribution in [3.8, 4) is 5.75 Å². The Balaban J connectivity index is 1.64. The van der Waals surface area contributed by atoms with E-state index in [0.717, 1.165) is 0 Å². The zero-order valence-corrected chi connectivity index (χ0v) is 15.2. The van der Waals surface area contributed by atoms with Gasteiger partial charge in [-0.1, -0.05) is 12.1 Å². The molecule has 0 spiro atoms. The Morgan fingerprint density at radius 3 is 2.75 bits per heavy atom. The number of pyridine rings is 1. The molecule has 0 bridgehead atoms. The molecular formula is C21H18N2O5. The topological polar surface area (TPSA) is 101 Å². The molecule has 7 nitrogen and oxygen atoms in total. The van der Waals surface area contributed by atoms with Crippen LogP contribution in [0.5, 0.6) is 5.75 Å². The largest absolute Gasteiger partial charge is 0.495 e. The third kappa shape index (κ3) is 3.22. The van der Waals surface area contributed by atoms with Crippen LogP contribution in [0.3, 0.4) is 0 Å². The molecule has 3 aromatic rings. The van der Waals surface area contributed by atoms with Gasteiger partial charge in [-0.05, 0) is 36.8 Å². The molecule has 2 N–H and O–H groups in total. The van der Waals surface area contributed by atoms with Gasteiger partial charge in [-0.2, -0.15) is 0 Å². The monoisotopic (exact) mass is 378 g/mol. The number of hydrogen-bond acceptors (Lipinski definition) is 5. The number of methoxy groups -OCH3 is 1. The van der Waals surface area contributed by atoms with Gasteiger partial charge in [0.15, 0.2) is 5.78 Å². The van der Waals surface area contributed by atoms with Crippen LogP contribution in [-0.4, -0.2) is 23.8 Å². The average molecular weight is 378 g/mol. The maximum Gasteiger partial charge on any atom is 0.261 e. The van der Waals surface area contributed by atoms with E-state index in [1.165, 1.54) is 13.2 Å². The summed E-state index contributed by atoms with van der Waals surface area (Å²) in [5, 5.41) is 2.66. The number of anilines is 1. The first kappa shape index (κ1) is 17.8. The maximum atomic E-state index is 12.6. The van der Waals surface area contributed by atoms with Crippen LogP contribution in [0.4, 0.5) is 5.69 Å². The number of H-pyrrole nitrogens is 1. The summed E-state index contributed by atoms with van der Waals surface area (Å²) in [6.45, 7) is 0. The molecule has 2 aromatic heterocycles. The lowest BCUT2D eigenvalue weighted by Gasteiger charge is -2.22. The highest BCUT2D eigenvalue weighted by molar-refractivity contribution is 6.07. The molecule has 1 aromatic carbocycles. The molecule has 4 rings (SSSR count). The predicted molar refractivity (Wildman–Crippen MR) is 102 cm³/mol. The minimum atomic E-state index is -0.602. The Bertz CT molecular complexity index is 1100. The number of Topliss-reactive ketones (excluding diaryl/α,β-unsaturated/α-hetero) is 1. The number of benzene rings is 1. The van der Waals surface area contributed by atoms with Crippen molar-refractivity contribution in [3.63, 3.8) is 0 Å². The zero-order chi connectivity index (χ0) is 19.7. The third-order valence-corrected chi connectivity index (χ3v) is 4.85. The SMILES string of the molecule is COc1ccccc1NC(=O)c1cc2c([nH]c1=O)CC(c1ccco1)CC2=O. The molecule has 0 aliphatic heterocycles. The zero-order valence-electron chi connectivity index (χ0n) is 15.2. The van der Waals surface area contributed by atoms with E-state index in [1.807, 2.05) is 6.07 Å². The van der Waals surface area contributed by atoms with Crippen molar-refractivity contribution < 1.29 is 18.7 Å². The second kappa shape index (κ2) is 7.19. The van der Waals surface area contributed by atoms with E-state index in [4.69, 9.17) is 9.15 Å². The van der Waals surface area contributed by atoms with Crippen LogP contribution < -0.4 is 15.6 Å². The number of ether oxygens (including phenoxy) is 1. The van der Waals surface area contributed by atoms with Crippen LogP contribution in [0, 0.1) is 0 Å². The molecule has 1 unspecified atom stereocenters. The van der Waals surface area contributed by atoms with Gasteiger partial charge < -0.3 is 19.5 Å². The molecule has 0 radical (unpaired) electrons. The van der Waals surface area contributed by atoms with E-state index in [2.05, 4.69) is 10.3 Å². The quantitative estimate of drug-likeness (QED) is 0.726. The molecule has 1 amide bonds. The number of fused-ring (bicyclic) bond motifs is 1. The van der Waals surface area contributed by atoms with Crippen LogP contribution in [0.25, 0.3) is 0 Å². The van der Waals surface area contributed by atoms with Gasteiger partial charge >= 0.3 is 0 Å². The van der Waals surface area contributed by atoms with Crippen LogP contribution in [0.1, 0.15) is 44.5 Å². The van der Waals surface area contributed by atoms with Crippen molar-refractivity contribution in [1.29, 1.82) is 0 Å². The van der Waals surface area contributed by atoms with Crippen molar-refractivity contribution in [1.82, 2.24) is 4.98 Å². The second-order valence-corrected chi connectivity index (χ2v) is 6.60. The fourth-order valence-electron chi connectivity index (χ4n) is 3.46. The summed E-state index contributed by atoms with van der Waals surface area (Å²) < 4.78 is 10.6. The van der Waals surface area contributed by atoms with Gasteiger partial charge in [0.05, 0.1) is 19.1 Å². The Labute approximate surface area is 160 Å². The predicted octanol–water partition coefficient (Wildman–Crippen LogP) is 3.14. The number of nitrogens with one attached hydrogen (secondary N) is 2. The lowest BCUT2D eigenvalue weighted by atomic mass is 9.84. The van der Waals surface area contributed by atoms with Crippen LogP contribution in [-0.2, 0) is 6.42 Å². The number of amides is 1. The standard InChI is InChI=1S/C21H18N2O5/c1-27-19-6-3-2-5-15(19)22-20(25)14-11-13-16(23-21(14)26)9-12(10-17(13)24)18-7-4-8-28-18/h2-8,11-12H,9-10H2,1H3,(H,22,25)(H,23,26). The number of para-hydroxylation sites is 2. The average Bonchev–Trinajstić information content (AvgIpc) is 3.22. The number of carbonyl (C=O) groups is 2. The van der Waals surface area contributed by atoms with E-state index < -0.39 is 11.5 Å². The minimum Gasteiger partial charge on any atom is -0.495 e. The van der Waals surface area contributed by atoms with Crippen LogP contribution in [0.2, 0.25) is 0 Å². The highest BCUT2D eigenvalue weighted by Crippen LogP contribution is 2.32. The first-order chi connectivity index (χ1) is 13.6. The molecule has 1 atom stereocenters. The van der Waals surface area contributed by atoms with E-state index in [9.17, 15) is 14.4 Å². The molecule has 7 heteroatoms. The van der Waals surface area contributed by atoms with Gasteiger partial charge in [0.2, 0.25) is 0 Å². The third-order valence-electron chi connectivity index (χ3n) is 4.85. The number of aromatic nitrogens is 1. The van der Waals surface area contributed by atoms with Gasteiger partial charge in [0.25, 0.3) is 11.5 Å². The first-order valence-corrected chi connectivity index (χ1v) is 8.84. The van der Waals surface area contributed by atoms with Crippen molar-refractivity contribution in [3.05, 3.63) is 81.7 Å². The highest BCUT2D eigenvalue weighted by atomic mass is 16.5. The van der Waals surface area contributed by atoms with Gasteiger partial charge in [0.1, 0.15) is 17.1 Å². The number of carbonyl (C=O) groups excluding carboxylic acids is 2. The van der Waals surface area contributed by atoms with Gasteiger partial charge in [0, 0.05) is 23.6 Å². The number of ketones is 1. The Morgan fingerprint density at radius 2 is 2.00 bits per heavy atom. The van der Waals surface area contributed by atoms with E-state index in [0.29, 0.717) is 34.9 Å². The summed E-state index contributed by atoms with van der Waals surface area (Å²) in [6.07, 6.45) is 2.29. The Kier molecular flexibility index (Phi) is 4.57. The molecule has 0 fully saturated rings. The normalized spacial score (nSPS) is 15.8. The highest BCUT2D eigenvalue weighted by Gasteiger charge is 2.30. The van der Waals surface area contributed by atoms with Gasteiger partial charge in [-0.15, -0.1) is 0 Å². The van der Waals surface area contributed by atoms with E-state index >= 15 is 0 Å². The van der Waals surface area contributed by atoms with Crippen molar-refractivity contribution in [2.45, 2.75) is 18.8 Å². The Morgan fingerprint density at radius 1 is 1.18 bits per heavy atom. The summed E-state index contributed by atoms with van der Waals surface area (Å²) in [4.78, 5) is 40.5. The summed E-state index contributed by atoms with van der Waals surface area (Å²) in [7, 11) is 1.49. The fraction of sp³-hybridized carbons (Fsp3) is 0.190. The summed E-state index contributed by atoms with van der Waals surface area (Å²) >= 11 is 0. The smallest absolute Gasteiger partial charge is 0.261 e. The van der Waals surface area contributed by atoms with Crippen LogP contribution >= 0.6 is 0 Å². The molecule has 0 saturated heterocycles. The van der Waals surface area contributed by atoms with Gasteiger partial charge in [-0.25, -0.2) is 0 Å². The summed E-state index contributed by atoms with van der Waals surface area (Å²) in [6, 6.07) is 11.8. The molecule has 2 heterocycles. The molecule has 1 aliphatic carbocycles. The van der Waals surface area contributed by atoms with Crippen LogP contribution in [0.15, 0.2) is 57.9 Å². The number of aromatic amines is 1. The maximum absolute atomic E-state index is 12.6. The first-order valence-electron chi connectivity index (χ1n) is 8.84. The van der Waals surface area contributed by atoms with Crippen molar-refractivity contribution in [2.75, 3.05) is 12.4 Å². The number of rotatable bonds is 4. The molecule has 142 valence electrons. The Hall–Kier alpha value is -3.61. The van der Waals surface area contributed by atoms with Crippen molar-refractivity contribution >= 4 is 17.4 Å². The molecular weight excluding hydrogens is 360 g/mol. The summed E-state index contributed by atoms with van der Waals surface area (Å²) in [5.74, 6) is 0.319. The molecule has 0 saturated carbocycles. The lowest BCUT2D eigenvalue weighted by Crippen LogP contribution is -2.29. The van der Waals surface area contributed by atoms with E-state index in [1.54, 1.807) is 36.6 Å². The number of hydrogen-bond donors (Lipinski definition) is 2. The van der Waals surface area contributed by atoms with Crippen molar-refractivity contribution in [2.24, 2.45) is 0 Å². The van der Waals surface area contributed by atoms with E-state index in [-0.39, 0.29) is 23.7 Å². The second-order valence-electron chi connectivity index (χ2n) is 6.60. The summed E-state index contributed by atoms with van der Waals surface area (Å²) in [5.41, 5.74) is 0.675. The molecule has 1 aliphatic rings. The number of furan rings is 1. The molecule has 28 heavy (non-hydrogen) atoms. The lowest BCUT2D eigenvalue weighted by molar-refractivity contribution is 0.0959.